The summed E-state index contributed by atoms with van der Waals surface area (Å²) in [7, 11) is 3.94. The Hall–Kier alpha value is -3.47. The van der Waals surface area contributed by atoms with Crippen LogP contribution in [0.25, 0.3) is 0 Å². The lowest BCUT2D eigenvalue weighted by molar-refractivity contribution is 0.297. The summed E-state index contributed by atoms with van der Waals surface area (Å²) in [6.07, 6.45) is 16.4. The highest BCUT2D eigenvalue weighted by Crippen LogP contribution is 2.34. The third-order valence-corrected chi connectivity index (χ3v) is 6.94. The van der Waals surface area contributed by atoms with Gasteiger partial charge in [0.25, 0.3) is 0 Å². The minimum atomic E-state index is 0.147. The number of nitrogens with two attached hydrogens (primary N) is 1. The van der Waals surface area contributed by atoms with Gasteiger partial charge in [-0.05, 0) is 86.1 Å². The molecular formula is C33H46N4O. The number of hydrogen-bond acceptors (Lipinski definition) is 4. The molecule has 0 fully saturated rings. The number of hydrogen-bond donors (Lipinski definition) is 1. The molecule has 2 N–H and O–H groups in total. The van der Waals surface area contributed by atoms with Gasteiger partial charge in [0.2, 0.25) is 0 Å². The normalized spacial score (nSPS) is 15.7. The van der Waals surface area contributed by atoms with Crippen LogP contribution in [-0.2, 0) is 12.8 Å². The average Bonchev–Trinajstić information content (AvgIpc) is 2.90. The van der Waals surface area contributed by atoms with Gasteiger partial charge in [-0.3, -0.25) is 0 Å². The Morgan fingerprint density at radius 1 is 1.13 bits per heavy atom. The van der Waals surface area contributed by atoms with E-state index < -0.39 is 0 Å². The Labute approximate surface area is 230 Å². The molecule has 5 nitrogen and oxygen atoms in total. The first kappa shape index (κ1) is 29.1. The van der Waals surface area contributed by atoms with Crippen molar-refractivity contribution in [1.29, 1.82) is 0 Å². The second-order valence-corrected chi connectivity index (χ2v) is 10.2. The third-order valence-electron chi connectivity index (χ3n) is 6.94. The van der Waals surface area contributed by atoms with Gasteiger partial charge in [-0.25, -0.2) is 4.99 Å². The minimum absolute atomic E-state index is 0.147. The number of aliphatic imine (C=N–C) groups is 1. The SMILES string of the molecule is C=C(/N=C(\C=C/C)N1CCc2cc(N)ccc2C1Cc1ccc(OCC/C=C/CCCCC)cc1)N(C)C. The maximum absolute atomic E-state index is 6.14. The van der Waals surface area contributed by atoms with Gasteiger partial charge in [0.15, 0.2) is 0 Å². The molecule has 2 aromatic carbocycles. The van der Waals surface area contributed by atoms with E-state index in [0.29, 0.717) is 6.61 Å². The molecule has 0 saturated heterocycles. The summed E-state index contributed by atoms with van der Waals surface area (Å²) < 4.78 is 5.99. The Bertz CT molecular complexity index is 1110. The van der Waals surface area contributed by atoms with Gasteiger partial charge < -0.3 is 20.3 Å². The third kappa shape index (κ3) is 8.54. The molecule has 5 heteroatoms. The minimum Gasteiger partial charge on any atom is -0.493 e. The standard InChI is InChI=1S/C33H46N4O/c1-6-8-9-10-11-12-13-23-38-30-18-15-27(16-19-30)24-32-31-20-17-29(34)25-28(31)21-22-37(32)33(14-7-2)35-26(3)36(4)5/h7,11-12,14-20,25,32H,3,6,8-10,13,21-24,34H2,1-2,4-5H3/b12-11+,14-7-,35-33+. The van der Waals surface area contributed by atoms with Crippen LogP contribution in [0.1, 0.15) is 68.7 Å². The molecule has 1 aliphatic rings. The monoisotopic (exact) mass is 514 g/mol. The zero-order valence-electron chi connectivity index (χ0n) is 23.8. The van der Waals surface area contributed by atoms with Crippen molar-refractivity contribution in [2.45, 2.75) is 64.8 Å². The quantitative estimate of drug-likeness (QED) is 0.1000. The molecule has 0 amide bonds. The lowest BCUT2D eigenvalue weighted by Gasteiger charge is -2.39. The highest BCUT2D eigenvalue weighted by molar-refractivity contribution is 5.94. The average molecular weight is 515 g/mol. The Morgan fingerprint density at radius 2 is 1.89 bits per heavy atom. The summed E-state index contributed by atoms with van der Waals surface area (Å²) in [6.45, 7) is 9.99. The van der Waals surface area contributed by atoms with Crippen molar-refractivity contribution < 1.29 is 4.74 Å². The summed E-state index contributed by atoms with van der Waals surface area (Å²) in [5.41, 5.74) is 10.8. The van der Waals surface area contributed by atoms with Crippen LogP contribution in [0.3, 0.4) is 0 Å². The van der Waals surface area contributed by atoms with E-state index in [1.54, 1.807) is 0 Å². The fourth-order valence-electron chi connectivity index (χ4n) is 4.74. The van der Waals surface area contributed by atoms with Crippen molar-refractivity contribution in [2.75, 3.05) is 33.0 Å². The van der Waals surface area contributed by atoms with Gasteiger partial charge in [0.1, 0.15) is 17.4 Å². The molecule has 0 saturated carbocycles. The lowest BCUT2D eigenvalue weighted by Crippen LogP contribution is -2.40. The molecule has 0 aromatic heterocycles. The maximum atomic E-state index is 6.14. The van der Waals surface area contributed by atoms with E-state index in [4.69, 9.17) is 15.5 Å². The molecular weight excluding hydrogens is 468 g/mol. The summed E-state index contributed by atoms with van der Waals surface area (Å²) in [5.74, 6) is 2.58. The summed E-state index contributed by atoms with van der Waals surface area (Å²) in [4.78, 5) is 9.24. The fraction of sp³-hybridized carbons (Fsp3) is 0.424. The van der Waals surface area contributed by atoms with Gasteiger partial charge in [0, 0.05) is 26.3 Å². The number of nitrogens with zero attached hydrogens (tertiary/aromatic N) is 3. The molecule has 204 valence electrons. The number of nitrogen functional groups attached to an aromatic ring is 1. The van der Waals surface area contributed by atoms with Crippen molar-refractivity contribution >= 4 is 11.5 Å². The van der Waals surface area contributed by atoms with E-state index in [9.17, 15) is 0 Å². The Balaban J connectivity index is 1.74. The largest absolute Gasteiger partial charge is 0.493 e. The van der Waals surface area contributed by atoms with Gasteiger partial charge in [-0.1, -0.05) is 62.8 Å². The highest BCUT2D eigenvalue weighted by atomic mass is 16.5. The first-order valence-electron chi connectivity index (χ1n) is 14.0. The van der Waals surface area contributed by atoms with Gasteiger partial charge in [-0.15, -0.1) is 0 Å². The van der Waals surface area contributed by atoms with E-state index in [2.05, 4.69) is 73.0 Å². The second-order valence-electron chi connectivity index (χ2n) is 10.2. The number of fused-ring (bicyclic) bond motifs is 1. The zero-order valence-corrected chi connectivity index (χ0v) is 23.8. The molecule has 1 heterocycles. The van der Waals surface area contributed by atoms with Crippen molar-refractivity contribution in [3.05, 3.63) is 95.9 Å². The molecule has 3 rings (SSSR count). The Morgan fingerprint density at radius 3 is 2.61 bits per heavy atom. The van der Waals surface area contributed by atoms with Crippen molar-refractivity contribution in [3.8, 4) is 5.75 Å². The highest BCUT2D eigenvalue weighted by Gasteiger charge is 2.29. The van der Waals surface area contributed by atoms with Crippen LogP contribution in [-0.4, -0.2) is 42.9 Å². The van der Waals surface area contributed by atoms with E-state index in [-0.39, 0.29) is 6.04 Å². The van der Waals surface area contributed by atoms with Crippen LogP contribution in [0.15, 0.2) is 84.2 Å². The second kappa shape index (κ2) is 15.1. The van der Waals surface area contributed by atoms with E-state index >= 15 is 0 Å². The van der Waals surface area contributed by atoms with Crippen LogP contribution in [0.4, 0.5) is 5.69 Å². The number of anilines is 1. The summed E-state index contributed by atoms with van der Waals surface area (Å²) in [6, 6.07) is 15.0. The zero-order chi connectivity index (χ0) is 27.3. The summed E-state index contributed by atoms with van der Waals surface area (Å²) in [5, 5.41) is 0. The maximum Gasteiger partial charge on any atom is 0.131 e. The summed E-state index contributed by atoms with van der Waals surface area (Å²) >= 11 is 0. The fourth-order valence-corrected chi connectivity index (χ4v) is 4.74. The molecule has 1 unspecified atom stereocenters. The van der Waals surface area contributed by atoms with E-state index in [1.807, 2.05) is 38.1 Å². The van der Waals surface area contributed by atoms with Crippen molar-refractivity contribution in [1.82, 2.24) is 9.80 Å². The van der Waals surface area contributed by atoms with Gasteiger partial charge in [0.05, 0.1) is 12.6 Å². The van der Waals surface area contributed by atoms with Crippen LogP contribution in [0.2, 0.25) is 0 Å². The van der Waals surface area contributed by atoms with Crippen LogP contribution in [0, 0.1) is 0 Å². The molecule has 38 heavy (non-hydrogen) atoms. The smallest absolute Gasteiger partial charge is 0.131 e. The molecule has 1 atom stereocenters. The van der Waals surface area contributed by atoms with Crippen LogP contribution >= 0.6 is 0 Å². The predicted molar refractivity (Wildman–Crippen MR) is 163 cm³/mol. The van der Waals surface area contributed by atoms with Crippen molar-refractivity contribution in [3.63, 3.8) is 0 Å². The lowest BCUT2D eigenvalue weighted by atomic mass is 9.88. The Kier molecular flexibility index (Phi) is 11.5. The first-order valence-corrected chi connectivity index (χ1v) is 14.0. The molecule has 0 radical (unpaired) electrons. The topological polar surface area (TPSA) is 54.1 Å². The van der Waals surface area contributed by atoms with Gasteiger partial charge in [-0.2, -0.15) is 0 Å². The van der Waals surface area contributed by atoms with Gasteiger partial charge >= 0.3 is 0 Å². The predicted octanol–water partition coefficient (Wildman–Crippen LogP) is 7.32. The molecule has 1 aliphatic heterocycles. The molecule has 2 aromatic rings. The van der Waals surface area contributed by atoms with E-state index in [0.717, 1.165) is 48.9 Å². The molecule has 0 bridgehead atoms. The molecule has 0 aliphatic carbocycles. The number of unbranched alkanes of at least 4 members (excludes halogenated alkanes) is 3. The number of amidine groups is 1. The number of allylic oxidation sites excluding steroid dienone is 2. The first-order chi connectivity index (χ1) is 18.4. The van der Waals surface area contributed by atoms with Crippen LogP contribution < -0.4 is 10.5 Å². The van der Waals surface area contributed by atoms with E-state index in [1.165, 1.54) is 42.4 Å². The molecule has 0 spiro atoms. The van der Waals surface area contributed by atoms with Crippen molar-refractivity contribution in [2.24, 2.45) is 4.99 Å². The number of rotatable bonds is 13. The van der Waals surface area contributed by atoms with Crippen LogP contribution in [0.5, 0.6) is 5.75 Å². The number of ether oxygens (including phenoxy) is 1. The number of benzene rings is 2.